The Hall–Kier alpha value is -0.970. The first-order valence-corrected chi connectivity index (χ1v) is 5.90. The molecule has 0 radical (unpaired) electrons. The Balaban J connectivity index is 3.13. The standard InChI is InChI=1S/C13H21FN2O/c1-4-13(5-2,17-3)12(16-15)10-7-6-8-11(14)9-10/h6-9,12,16H,4-5,15H2,1-3H3. The number of nitrogens with one attached hydrogen (secondary N) is 1. The van der Waals surface area contributed by atoms with Crippen molar-refractivity contribution in [2.24, 2.45) is 5.84 Å². The van der Waals surface area contributed by atoms with E-state index in [9.17, 15) is 4.39 Å². The van der Waals surface area contributed by atoms with E-state index in [1.54, 1.807) is 13.2 Å². The highest BCUT2D eigenvalue weighted by Gasteiger charge is 2.36. The highest BCUT2D eigenvalue weighted by Crippen LogP contribution is 2.34. The van der Waals surface area contributed by atoms with Gasteiger partial charge in [-0.3, -0.25) is 11.3 Å². The van der Waals surface area contributed by atoms with Gasteiger partial charge >= 0.3 is 0 Å². The van der Waals surface area contributed by atoms with Crippen LogP contribution in [0.4, 0.5) is 4.39 Å². The molecule has 0 spiro atoms. The lowest BCUT2D eigenvalue weighted by Crippen LogP contribution is -2.47. The third-order valence-corrected chi connectivity index (χ3v) is 3.48. The van der Waals surface area contributed by atoms with Gasteiger partial charge in [0.2, 0.25) is 0 Å². The maximum absolute atomic E-state index is 13.3. The monoisotopic (exact) mass is 240 g/mol. The lowest BCUT2D eigenvalue weighted by atomic mass is 9.84. The van der Waals surface area contributed by atoms with Crippen molar-refractivity contribution in [3.8, 4) is 0 Å². The van der Waals surface area contributed by atoms with Crippen LogP contribution in [-0.4, -0.2) is 12.7 Å². The Labute approximate surface area is 102 Å². The summed E-state index contributed by atoms with van der Waals surface area (Å²) >= 11 is 0. The van der Waals surface area contributed by atoms with E-state index < -0.39 is 5.60 Å². The van der Waals surface area contributed by atoms with Gasteiger partial charge in [-0.2, -0.15) is 0 Å². The van der Waals surface area contributed by atoms with Crippen LogP contribution < -0.4 is 11.3 Å². The second-order valence-electron chi connectivity index (χ2n) is 4.13. The summed E-state index contributed by atoms with van der Waals surface area (Å²) in [7, 11) is 1.66. The molecule has 3 nitrogen and oxygen atoms in total. The molecule has 0 aliphatic carbocycles. The number of hydrogen-bond donors (Lipinski definition) is 2. The topological polar surface area (TPSA) is 47.3 Å². The average molecular weight is 240 g/mol. The fourth-order valence-corrected chi connectivity index (χ4v) is 2.30. The molecule has 0 aromatic heterocycles. The highest BCUT2D eigenvalue weighted by atomic mass is 19.1. The van der Waals surface area contributed by atoms with E-state index in [1.165, 1.54) is 12.1 Å². The van der Waals surface area contributed by atoms with Crippen LogP contribution in [0.2, 0.25) is 0 Å². The zero-order chi connectivity index (χ0) is 12.9. The first-order valence-electron chi connectivity index (χ1n) is 5.90. The minimum atomic E-state index is -0.414. The Morgan fingerprint density at radius 2 is 2.06 bits per heavy atom. The second-order valence-corrected chi connectivity index (χ2v) is 4.13. The molecule has 0 saturated heterocycles. The lowest BCUT2D eigenvalue weighted by Gasteiger charge is -2.38. The normalized spacial score (nSPS) is 13.7. The number of rotatable bonds is 6. The minimum absolute atomic E-state index is 0.224. The van der Waals surface area contributed by atoms with Crippen LogP contribution in [0.5, 0.6) is 0 Å². The van der Waals surface area contributed by atoms with E-state index in [4.69, 9.17) is 10.6 Å². The molecular formula is C13H21FN2O. The van der Waals surface area contributed by atoms with Gasteiger partial charge < -0.3 is 4.74 Å². The molecule has 0 heterocycles. The molecule has 0 aliphatic rings. The number of nitrogens with two attached hydrogens (primary N) is 1. The number of halogens is 1. The van der Waals surface area contributed by atoms with Crippen molar-refractivity contribution in [1.82, 2.24) is 5.43 Å². The van der Waals surface area contributed by atoms with Crippen molar-refractivity contribution in [3.63, 3.8) is 0 Å². The number of benzene rings is 1. The van der Waals surface area contributed by atoms with Gasteiger partial charge in [0.1, 0.15) is 5.82 Å². The Kier molecular flexibility index (Phi) is 5.05. The van der Waals surface area contributed by atoms with E-state index in [0.717, 1.165) is 18.4 Å². The molecule has 0 amide bonds. The van der Waals surface area contributed by atoms with Gasteiger partial charge in [0.05, 0.1) is 11.6 Å². The van der Waals surface area contributed by atoms with Gasteiger partial charge in [-0.1, -0.05) is 26.0 Å². The maximum atomic E-state index is 13.3. The van der Waals surface area contributed by atoms with Crippen molar-refractivity contribution < 1.29 is 9.13 Å². The van der Waals surface area contributed by atoms with E-state index in [1.807, 2.05) is 19.9 Å². The summed E-state index contributed by atoms with van der Waals surface area (Å²) in [5.74, 6) is 5.35. The molecule has 1 aromatic rings. The molecule has 1 aromatic carbocycles. The maximum Gasteiger partial charge on any atom is 0.123 e. The summed E-state index contributed by atoms with van der Waals surface area (Å²) in [6, 6.07) is 6.22. The zero-order valence-electron chi connectivity index (χ0n) is 10.7. The fourth-order valence-electron chi connectivity index (χ4n) is 2.30. The third-order valence-electron chi connectivity index (χ3n) is 3.48. The molecule has 3 N–H and O–H groups in total. The second kappa shape index (κ2) is 6.10. The van der Waals surface area contributed by atoms with Crippen molar-refractivity contribution >= 4 is 0 Å². The van der Waals surface area contributed by atoms with Crippen LogP contribution in [0.25, 0.3) is 0 Å². The summed E-state index contributed by atoms with van der Waals surface area (Å²) in [5, 5.41) is 0. The molecule has 0 saturated carbocycles. The molecule has 0 aliphatic heterocycles. The predicted molar refractivity (Wildman–Crippen MR) is 66.8 cm³/mol. The molecular weight excluding hydrogens is 219 g/mol. The SMILES string of the molecule is CCC(CC)(OC)C(NN)c1cccc(F)c1. The smallest absolute Gasteiger partial charge is 0.123 e. The van der Waals surface area contributed by atoms with Crippen LogP contribution in [-0.2, 0) is 4.74 Å². The molecule has 0 bridgehead atoms. The Morgan fingerprint density at radius 1 is 1.41 bits per heavy atom. The number of methoxy groups -OCH3 is 1. The first kappa shape index (κ1) is 14.1. The summed E-state index contributed by atoms with van der Waals surface area (Å²) in [6.45, 7) is 4.08. The summed E-state index contributed by atoms with van der Waals surface area (Å²) in [4.78, 5) is 0. The molecule has 0 fully saturated rings. The van der Waals surface area contributed by atoms with Crippen molar-refractivity contribution in [1.29, 1.82) is 0 Å². The van der Waals surface area contributed by atoms with Crippen LogP contribution in [0.15, 0.2) is 24.3 Å². The number of ether oxygens (including phenoxy) is 1. The Bertz CT molecular complexity index is 345. The van der Waals surface area contributed by atoms with E-state index in [0.29, 0.717) is 0 Å². The van der Waals surface area contributed by atoms with E-state index in [-0.39, 0.29) is 11.9 Å². The van der Waals surface area contributed by atoms with Crippen LogP contribution in [0, 0.1) is 5.82 Å². The van der Waals surface area contributed by atoms with Crippen molar-refractivity contribution in [3.05, 3.63) is 35.6 Å². The lowest BCUT2D eigenvalue weighted by molar-refractivity contribution is -0.0487. The van der Waals surface area contributed by atoms with Crippen LogP contribution in [0.1, 0.15) is 38.3 Å². The Morgan fingerprint density at radius 3 is 2.47 bits per heavy atom. The molecule has 1 rings (SSSR count). The first-order chi connectivity index (χ1) is 8.13. The van der Waals surface area contributed by atoms with Gasteiger partial charge in [-0.25, -0.2) is 4.39 Å². The predicted octanol–water partition coefficient (Wildman–Crippen LogP) is 2.54. The molecule has 1 unspecified atom stereocenters. The van der Waals surface area contributed by atoms with Crippen molar-refractivity contribution in [2.45, 2.75) is 38.3 Å². The minimum Gasteiger partial charge on any atom is -0.376 e. The zero-order valence-corrected chi connectivity index (χ0v) is 10.7. The largest absolute Gasteiger partial charge is 0.376 e. The van der Waals surface area contributed by atoms with Crippen LogP contribution >= 0.6 is 0 Å². The van der Waals surface area contributed by atoms with Gasteiger partial charge in [-0.15, -0.1) is 0 Å². The highest BCUT2D eigenvalue weighted by molar-refractivity contribution is 5.23. The third kappa shape index (κ3) is 2.83. The summed E-state index contributed by atoms with van der Waals surface area (Å²) in [5.41, 5.74) is 3.14. The van der Waals surface area contributed by atoms with Crippen LogP contribution in [0.3, 0.4) is 0 Å². The van der Waals surface area contributed by atoms with Gasteiger partial charge in [0.25, 0.3) is 0 Å². The van der Waals surface area contributed by atoms with Crippen molar-refractivity contribution in [2.75, 3.05) is 7.11 Å². The quantitative estimate of drug-likeness (QED) is 0.593. The fraction of sp³-hybridized carbons (Fsp3) is 0.538. The molecule has 1 atom stereocenters. The molecule has 96 valence electrons. The van der Waals surface area contributed by atoms with Gasteiger partial charge in [0, 0.05) is 7.11 Å². The number of hydrogen-bond acceptors (Lipinski definition) is 3. The summed E-state index contributed by atoms with van der Waals surface area (Å²) < 4.78 is 18.9. The van der Waals surface area contributed by atoms with E-state index >= 15 is 0 Å². The molecule has 4 heteroatoms. The van der Waals surface area contributed by atoms with Gasteiger partial charge in [-0.05, 0) is 30.5 Å². The van der Waals surface area contributed by atoms with E-state index in [2.05, 4.69) is 5.43 Å². The molecule has 17 heavy (non-hydrogen) atoms. The average Bonchev–Trinajstić information content (AvgIpc) is 2.36. The summed E-state index contributed by atoms with van der Waals surface area (Å²) in [6.07, 6.45) is 1.59. The number of hydrazine groups is 1. The van der Waals surface area contributed by atoms with Gasteiger partial charge in [0.15, 0.2) is 0 Å².